The maximum absolute atomic E-state index is 12.9. The Labute approximate surface area is 155 Å². The number of benzene rings is 1. The molecule has 0 spiro atoms. The molecule has 3 heterocycles. The Morgan fingerprint density at radius 1 is 1.23 bits per heavy atom. The molecule has 0 atom stereocenters. The third-order valence-corrected chi connectivity index (χ3v) is 6.05. The minimum Gasteiger partial charge on any atom is -0.493 e. The molecule has 1 aromatic carbocycles. The summed E-state index contributed by atoms with van der Waals surface area (Å²) >= 11 is 1.58. The average Bonchev–Trinajstić information content (AvgIpc) is 3.16. The first-order valence-electron chi connectivity index (χ1n) is 8.47. The molecule has 0 saturated carbocycles. The van der Waals surface area contributed by atoms with Crippen LogP contribution in [0.15, 0.2) is 23.0 Å². The van der Waals surface area contributed by atoms with Crippen molar-refractivity contribution in [1.29, 1.82) is 0 Å². The molecule has 0 aliphatic carbocycles. The second-order valence-corrected chi connectivity index (χ2v) is 7.56. The van der Waals surface area contributed by atoms with Gasteiger partial charge in [-0.15, -0.1) is 11.3 Å². The highest BCUT2D eigenvalue weighted by molar-refractivity contribution is 7.18. The lowest BCUT2D eigenvalue weighted by Gasteiger charge is -2.10. The van der Waals surface area contributed by atoms with E-state index in [9.17, 15) is 4.79 Å². The number of thiophene rings is 1. The minimum absolute atomic E-state index is 0.0628. The van der Waals surface area contributed by atoms with Crippen LogP contribution in [0.25, 0.3) is 21.9 Å². The summed E-state index contributed by atoms with van der Waals surface area (Å²) in [7, 11) is 3.25. The van der Waals surface area contributed by atoms with Gasteiger partial charge in [-0.05, 0) is 43.5 Å². The van der Waals surface area contributed by atoms with Crippen LogP contribution >= 0.6 is 11.3 Å². The van der Waals surface area contributed by atoms with Gasteiger partial charge in [0.15, 0.2) is 11.5 Å². The fourth-order valence-electron chi connectivity index (χ4n) is 3.47. The number of hydrogen-bond acceptors (Lipinski definition) is 5. The van der Waals surface area contributed by atoms with E-state index >= 15 is 0 Å². The number of rotatable bonds is 3. The minimum atomic E-state index is 0.0628. The number of aromatic nitrogens is 2. The van der Waals surface area contributed by atoms with E-state index in [1.807, 2.05) is 38.1 Å². The fraction of sp³-hybridized carbons (Fsp3) is 0.300. The molecule has 1 aliphatic heterocycles. The standard InChI is InChI=1S/C20H20N2O3S/c1-11-12(2)26-19-16(11)20(23)22-9-8-14(18(22)21-19)10-13-6-5-7-15(24-3)17(13)25-4/h5-7,10H,8-9H2,1-4H3/b14-10-. The number of aryl methyl sites for hydroxylation is 2. The first-order chi connectivity index (χ1) is 12.5. The van der Waals surface area contributed by atoms with E-state index in [2.05, 4.69) is 0 Å². The topological polar surface area (TPSA) is 53.4 Å². The van der Waals surface area contributed by atoms with Crippen molar-refractivity contribution in [3.63, 3.8) is 0 Å². The van der Waals surface area contributed by atoms with E-state index in [1.165, 1.54) is 0 Å². The molecule has 0 fully saturated rings. The Morgan fingerprint density at radius 2 is 2.04 bits per heavy atom. The number of allylic oxidation sites excluding steroid dienone is 1. The zero-order valence-electron chi connectivity index (χ0n) is 15.3. The summed E-state index contributed by atoms with van der Waals surface area (Å²) in [6.07, 6.45) is 2.82. The highest BCUT2D eigenvalue weighted by atomic mass is 32.1. The van der Waals surface area contributed by atoms with Gasteiger partial charge in [0.05, 0.1) is 19.6 Å². The van der Waals surface area contributed by atoms with Crippen LogP contribution in [0.2, 0.25) is 0 Å². The van der Waals surface area contributed by atoms with Crippen molar-refractivity contribution >= 4 is 33.2 Å². The first kappa shape index (κ1) is 16.8. The van der Waals surface area contributed by atoms with Crippen molar-refractivity contribution in [1.82, 2.24) is 9.55 Å². The highest BCUT2D eigenvalue weighted by Gasteiger charge is 2.23. The van der Waals surface area contributed by atoms with Gasteiger partial charge in [0, 0.05) is 17.0 Å². The number of hydrogen-bond donors (Lipinski definition) is 0. The molecule has 1 aliphatic rings. The maximum Gasteiger partial charge on any atom is 0.262 e. The normalized spacial score (nSPS) is 14.8. The molecule has 0 unspecified atom stereocenters. The Hall–Kier alpha value is -2.60. The molecule has 134 valence electrons. The molecule has 0 N–H and O–H groups in total. The first-order valence-corrected chi connectivity index (χ1v) is 9.29. The van der Waals surface area contributed by atoms with Crippen LogP contribution in [0, 0.1) is 13.8 Å². The molecular weight excluding hydrogens is 348 g/mol. The van der Waals surface area contributed by atoms with E-state index in [0.29, 0.717) is 18.0 Å². The van der Waals surface area contributed by atoms with E-state index in [1.54, 1.807) is 30.1 Å². The monoisotopic (exact) mass is 368 g/mol. The van der Waals surface area contributed by atoms with Crippen LogP contribution in [0.4, 0.5) is 0 Å². The molecular formula is C20H20N2O3S. The molecule has 0 bridgehead atoms. The van der Waals surface area contributed by atoms with Crippen molar-refractivity contribution in [2.75, 3.05) is 14.2 Å². The molecule has 4 rings (SSSR count). The third-order valence-electron chi connectivity index (χ3n) is 4.94. The molecule has 0 radical (unpaired) electrons. The summed E-state index contributed by atoms with van der Waals surface area (Å²) in [4.78, 5) is 19.7. The van der Waals surface area contributed by atoms with Gasteiger partial charge in [0.2, 0.25) is 0 Å². The van der Waals surface area contributed by atoms with Crippen molar-refractivity contribution in [2.45, 2.75) is 26.8 Å². The Morgan fingerprint density at radius 3 is 2.77 bits per heavy atom. The van der Waals surface area contributed by atoms with Gasteiger partial charge in [0.1, 0.15) is 10.7 Å². The predicted molar refractivity (Wildman–Crippen MR) is 105 cm³/mol. The Balaban J connectivity index is 1.90. The van der Waals surface area contributed by atoms with Gasteiger partial charge in [-0.2, -0.15) is 0 Å². The summed E-state index contributed by atoms with van der Waals surface area (Å²) in [6.45, 7) is 4.69. The highest BCUT2D eigenvalue weighted by Crippen LogP contribution is 2.36. The molecule has 2 aromatic heterocycles. The van der Waals surface area contributed by atoms with Gasteiger partial charge in [-0.1, -0.05) is 12.1 Å². The van der Waals surface area contributed by atoms with E-state index in [0.717, 1.165) is 44.0 Å². The summed E-state index contributed by atoms with van der Waals surface area (Å²) in [5, 5.41) is 0.761. The van der Waals surface area contributed by atoms with Crippen molar-refractivity contribution in [3.8, 4) is 11.5 Å². The number of methoxy groups -OCH3 is 2. The lowest BCUT2D eigenvalue weighted by Crippen LogP contribution is -2.20. The molecule has 0 amide bonds. The van der Waals surface area contributed by atoms with Crippen molar-refractivity contribution < 1.29 is 9.47 Å². The average molecular weight is 368 g/mol. The third kappa shape index (κ3) is 2.44. The van der Waals surface area contributed by atoms with Crippen LogP contribution in [-0.2, 0) is 6.54 Å². The predicted octanol–water partition coefficient (Wildman–Crippen LogP) is 4.04. The van der Waals surface area contributed by atoms with Crippen LogP contribution in [0.3, 0.4) is 0 Å². The molecule has 6 heteroatoms. The largest absolute Gasteiger partial charge is 0.493 e. The smallest absolute Gasteiger partial charge is 0.262 e. The fourth-order valence-corrected chi connectivity index (χ4v) is 4.49. The van der Waals surface area contributed by atoms with Crippen LogP contribution in [-0.4, -0.2) is 23.8 Å². The van der Waals surface area contributed by atoms with Crippen LogP contribution < -0.4 is 15.0 Å². The van der Waals surface area contributed by atoms with Gasteiger partial charge in [-0.25, -0.2) is 4.98 Å². The lowest BCUT2D eigenvalue weighted by molar-refractivity contribution is 0.354. The SMILES string of the molecule is COc1cccc(/C=C2/CCn3c2nc2sc(C)c(C)c2c3=O)c1OC. The quantitative estimate of drug-likeness (QED) is 0.700. The van der Waals surface area contributed by atoms with Crippen LogP contribution in [0.5, 0.6) is 11.5 Å². The van der Waals surface area contributed by atoms with Gasteiger partial charge < -0.3 is 9.47 Å². The zero-order valence-corrected chi connectivity index (χ0v) is 16.1. The number of fused-ring (bicyclic) bond motifs is 2. The van der Waals surface area contributed by atoms with Crippen molar-refractivity contribution in [3.05, 3.63) is 50.4 Å². The Bertz CT molecular complexity index is 1110. The van der Waals surface area contributed by atoms with Crippen LogP contribution in [0.1, 0.15) is 28.2 Å². The van der Waals surface area contributed by atoms with Gasteiger partial charge in [0.25, 0.3) is 5.56 Å². The summed E-state index contributed by atoms with van der Waals surface area (Å²) in [5.74, 6) is 2.13. The van der Waals surface area contributed by atoms with E-state index < -0.39 is 0 Å². The zero-order chi connectivity index (χ0) is 18.4. The van der Waals surface area contributed by atoms with E-state index in [4.69, 9.17) is 14.5 Å². The molecule has 0 saturated heterocycles. The molecule has 5 nitrogen and oxygen atoms in total. The Kier molecular flexibility index (Phi) is 4.07. The van der Waals surface area contributed by atoms with E-state index in [-0.39, 0.29) is 5.56 Å². The summed E-state index contributed by atoms with van der Waals surface area (Å²) < 4.78 is 12.7. The number of para-hydroxylation sites is 1. The molecule has 26 heavy (non-hydrogen) atoms. The maximum atomic E-state index is 12.9. The summed E-state index contributed by atoms with van der Waals surface area (Å²) in [5.41, 5.74) is 3.07. The van der Waals surface area contributed by atoms with Gasteiger partial charge >= 0.3 is 0 Å². The second-order valence-electron chi connectivity index (χ2n) is 6.36. The molecule has 3 aromatic rings. The summed E-state index contributed by atoms with van der Waals surface area (Å²) in [6, 6.07) is 5.78. The van der Waals surface area contributed by atoms with Crippen molar-refractivity contribution in [2.24, 2.45) is 0 Å². The lowest BCUT2D eigenvalue weighted by atomic mass is 10.1. The van der Waals surface area contributed by atoms with Gasteiger partial charge in [-0.3, -0.25) is 9.36 Å². The second kappa shape index (κ2) is 6.29. The number of nitrogens with zero attached hydrogens (tertiary/aromatic N) is 2. The number of ether oxygens (including phenoxy) is 2.